The SMILES string of the molecule is NN=CNc1cccc(S(=O)(=O)Nc2cccc(C(CC(=O)O)c3cc(F)c(F)c(F)c3)c2)c1. The maximum Gasteiger partial charge on any atom is 0.304 e. The lowest BCUT2D eigenvalue weighted by Gasteiger charge is -2.18. The van der Waals surface area contributed by atoms with Gasteiger partial charge in [-0.3, -0.25) is 9.52 Å². The van der Waals surface area contributed by atoms with E-state index in [1.54, 1.807) is 6.07 Å². The molecular weight excluding hydrogens is 473 g/mol. The van der Waals surface area contributed by atoms with Crippen molar-refractivity contribution in [3.63, 3.8) is 0 Å². The fourth-order valence-electron chi connectivity index (χ4n) is 3.28. The predicted molar refractivity (Wildman–Crippen MR) is 120 cm³/mol. The number of hydrogen-bond donors (Lipinski definition) is 4. The number of hydrazone groups is 1. The summed E-state index contributed by atoms with van der Waals surface area (Å²) < 4.78 is 69.0. The number of nitrogens with one attached hydrogen (secondary N) is 2. The molecule has 0 spiro atoms. The molecule has 0 saturated carbocycles. The average Bonchev–Trinajstić information content (AvgIpc) is 2.79. The minimum atomic E-state index is -4.06. The molecule has 34 heavy (non-hydrogen) atoms. The van der Waals surface area contributed by atoms with Gasteiger partial charge in [0, 0.05) is 17.3 Å². The molecule has 178 valence electrons. The zero-order valence-electron chi connectivity index (χ0n) is 17.4. The first-order valence-electron chi connectivity index (χ1n) is 9.68. The second-order valence-electron chi connectivity index (χ2n) is 7.13. The van der Waals surface area contributed by atoms with Crippen molar-refractivity contribution >= 4 is 33.7 Å². The van der Waals surface area contributed by atoms with Crippen molar-refractivity contribution in [2.75, 3.05) is 10.0 Å². The summed E-state index contributed by atoms with van der Waals surface area (Å²) in [6, 6.07) is 12.9. The van der Waals surface area contributed by atoms with Crippen molar-refractivity contribution in [3.05, 3.63) is 89.2 Å². The molecule has 0 amide bonds. The summed E-state index contributed by atoms with van der Waals surface area (Å²) in [4.78, 5) is 11.3. The Kier molecular flexibility index (Phi) is 7.41. The highest BCUT2D eigenvalue weighted by Crippen LogP contribution is 2.32. The molecule has 5 N–H and O–H groups in total. The number of carboxylic acids is 1. The summed E-state index contributed by atoms with van der Waals surface area (Å²) in [5, 5.41) is 15.3. The molecule has 0 fully saturated rings. The van der Waals surface area contributed by atoms with E-state index in [-0.39, 0.29) is 21.7 Å². The lowest BCUT2D eigenvalue weighted by Crippen LogP contribution is -2.14. The number of rotatable bonds is 9. The number of carbonyl (C=O) groups is 1. The quantitative estimate of drug-likeness (QED) is 0.118. The Labute approximate surface area is 193 Å². The average molecular weight is 492 g/mol. The van der Waals surface area contributed by atoms with E-state index in [1.807, 2.05) is 0 Å². The van der Waals surface area contributed by atoms with Gasteiger partial charge in [-0.05, 0) is 53.6 Å². The van der Waals surface area contributed by atoms with Crippen LogP contribution < -0.4 is 15.9 Å². The van der Waals surface area contributed by atoms with Gasteiger partial charge >= 0.3 is 5.97 Å². The van der Waals surface area contributed by atoms with Gasteiger partial charge in [-0.15, -0.1) is 0 Å². The molecule has 0 radical (unpaired) electrons. The molecule has 0 aromatic heterocycles. The van der Waals surface area contributed by atoms with Crippen molar-refractivity contribution < 1.29 is 31.5 Å². The zero-order valence-corrected chi connectivity index (χ0v) is 18.2. The Hall–Kier alpha value is -4.06. The largest absolute Gasteiger partial charge is 0.481 e. The van der Waals surface area contributed by atoms with Crippen LogP contribution >= 0.6 is 0 Å². The number of anilines is 2. The van der Waals surface area contributed by atoms with Crippen LogP contribution in [0.25, 0.3) is 0 Å². The second kappa shape index (κ2) is 10.3. The van der Waals surface area contributed by atoms with E-state index in [0.29, 0.717) is 17.8 Å². The van der Waals surface area contributed by atoms with Gasteiger partial charge in [0.15, 0.2) is 17.5 Å². The molecule has 12 heteroatoms. The van der Waals surface area contributed by atoms with Crippen LogP contribution in [0.15, 0.2) is 70.7 Å². The number of benzene rings is 3. The smallest absolute Gasteiger partial charge is 0.304 e. The van der Waals surface area contributed by atoms with Gasteiger partial charge in [0.25, 0.3) is 10.0 Å². The summed E-state index contributed by atoms with van der Waals surface area (Å²) in [5.41, 5.74) is 0.632. The van der Waals surface area contributed by atoms with Crippen LogP contribution in [-0.2, 0) is 14.8 Å². The van der Waals surface area contributed by atoms with Gasteiger partial charge < -0.3 is 16.3 Å². The van der Waals surface area contributed by atoms with E-state index < -0.39 is 45.8 Å². The molecule has 0 heterocycles. The van der Waals surface area contributed by atoms with Crippen molar-refractivity contribution in [3.8, 4) is 0 Å². The maximum atomic E-state index is 13.8. The topological polar surface area (TPSA) is 134 Å². The van der Waals surface area contributed by atoms with E-state index in [4.69, 9.17) is 5.84 Å². The molecule has 0 aliphatic rings. The van der Waals surface area contributed by atoms with Crippen LogP contribution in [0.5, 0.6) is 0 Å². The van der Waals surface area contributed by atoms with Crippen molar-refractivity contribution in [2.24, 2.45) is 10.9 Å². The van der Waals surface area contributed by atoms with Crippen molar-refractivity contribution in [1.82, 2.24) is 0 Å². The van der Waals surface area contributed by atoms with Crippen LogP contribution in [0.1, 0.15) is 23.5 Å². The molecular formula is C22H19F3N4O4S. The summed E-state index contributed by atoms with van der Waals surface area (Å²) >= 11 is 0. The number of aliphatic carboxylic acids is 1. The summed E-state index contributed by atoms with van der Waals surface area (Å²) in [5.74, 6) is -1.93. The molecule has 3 aromatic carbocycles. The number of hydrogen-bond acceptors (Lipinski definition) is 5. The summed E-state index contributed by atoms with van der Waals surface area (Å²) in [7, 11) is -4.06. The lowest BCUT2D eigenvalue weighted by molar-refractivity contribution is -0.137. The highest BCUT2D eigenvalue weighted by atomic mass is 32.2. The highest BCUT2D eigenvalue weighted by Gasteiger charge is 2.23. The van der Waals surface area contributed by atoms with Crippen LogP contribution in [0.4, 0.5) is 24.5 Å². The first-order chi connectivity index (χ1) is 16.1. The summed E-state index contributed by atoms with van der Waals surface area (Å²) in [6.07, 6.45) is 0.601. The third kappa shape index (κ3) is 5.84. The van der Waals surface area contributed by atoms with E-state index in [0.717, 1.165) is 0 Å². The third-order valence-corrected chi connectivity index (χ3v) is 6.16. The Balaban J connectivity index is 1.95. The first-order valence-corrected chi connectivity index (χ1v) is 11.2. The van der Waals surface area contributed by atoms with Gasteiger partial charge in [-0.25, -0.2) is 21.6 Å². The van der Waals surface area contributed by atoms with Crippen molar-refractivity contribution in [1.29, 1.82) is 0 Å². The second-order valence-corrected chi connectivity index (χ2v) is 8.81. The van der Waals surface area contributed by atoms with Crippen LogP contribution in [0.3, 0.4) is 0 Å². The Morgan fingerprint density at radius 3 is 2.29 bits per heavy atom. The van der Waals surface area contributed by atoms with E-state index in [1.165, 1.54) is 48.8 Å². The van der Waals surface area contributed by atoms with Gasteiger partial charge in [0.2, 0.25) is 0 Å². The molecule has 1 atom stereocenters. The molecule has 3 aromatic rings. The number of halogens is 3. The van der Waals surface area contributed by atoms with Crippen LogP contribution in [-0.4, -0.2) is 25.8 Å². The van der Waals surface area contributed by atoms with Crippen LogP contribution in [0.2, 0.25) is 0 Å². The fraction of sp³-hybridized carbons (Fsp3) is 0.0909. The molecule has 0 saturated heterocycles. The van der Waals surface area contributed by atoms with Gasteiger partial charge in [0.05, 0.1) is 11.3 Å². The first kappa shape index (κ1) is 24.6. The molecule has 0 bridgehead atoms. The van der Waals surface area contributed by atoms with Crippen LogP contribution in [0, 0.1) is 17.5 Å². The fourth-order valence-corrected chi connectivity index (χ4v) is 4.37. The minimum absolute atomic E-state index is 0.0813. The molecule has 0 aliphatic carbocycles. The number of sulfonamides is 1. The van der Waals surface area contributed by atoms with Gasteiger partial charge in [-0.1, -0.05) is 18.2 Å². The normalized spacial score (nSPS) is 12.4. The molecule has 0 aliphatic heterocycles. The third-order valence-electron chi connectivity index (χ3n) is 4.78. The monoisotopic (exact) mass is 492 g/mol. The highest BCUT2D eigenvalue weighted by molar-refractivity contribution is 7.92. The lowest BCUT2D eigenvalue weighted by atomic mass is 9.88. The standard InChI is InChI=1S/C22H19F3N4O4S/c23-19-8-14(9-20(24)22(19)25)18(11-21(30)31)13-3-1-5-16(7-13)29-34(32,33)17-6-2-4-15(10-17)27-12-28-26/h1-10,12,18,29H,11,26H2,(H,27,28)(H,30,31). The number of carboxylic acid groups (broad SMARTS) is 1. The Bertz CT molecular complexity index is 1330. The molecule has 1 unspecified atom stereocenters. The predicted octanol–water partition coefficient (Wildman–Crippen LogP) is 3.83. The van der Waals surface area contributed by atoms with E-state index in [9.17, 15) is 31.5 Å². The van der Waals surface area contributed by atoms with Gasteiger partial charge in [0.1, 0.15) is 6.34 Å². The van der Waals surface area contributed by atoms with E-state index in [2.05, 4.69) is 15.1 Å². The number of nitrogens with two attached hydrogens (primary N) is 1. The molecule has 8 nitrogen and oxygen atoms in total. The zero-order chi connectivity index (χ0) is 24.9. The Morgan fingerprint density at radius 1 is 1.00 bits per heavy atom. The van der Waals surface area contributed by atoms with E-state index >= 15 is 0 Å². The van der Waals surface area contributed by atoms with Gasteiger partial charge in [-0.2, -0.15) is 5.10 Å². The van der Waals surface area contributed by atoms with Crippen molar-refractivity contribution in [2.45, 2.75) is 17.2 Å². The maximum absolute atomic E-state index is 13.8. The Morgan fingerprint density at radius 2 is 1.65 bits per heavy atom. The summed E-state index contributed by atoms with van der Waals surface area (Å²) in [6.45, 7) is 0. The minimum Gasteiger partial charge on any atom is -0.481 e. The number of nitrogens with zero attached hydrogens (tertiary/aromatic N) is 1. The molecule has 3 rings (SSSR count).